The standard InChI is InChI=1S/C14H19O.3C4H9.Sn/c1-3-13(4-2)14(15)11-10-12-8-6-5-7-9-12;3*1-3-4-2;/h5-10,13-15H,3-4H2,1-2H3;3*1,3-4H2,2H3;. The van der Waals surface area contributed by atoms with Crippen molar-refractivity contribution < 1.29 is 5.11 Å². The SMILES string of the molecule is CCC[CH2][Sn]([CH2]CCC)([CH2]CCC)/[C](=C\c1ccccc1)C(O)C(CC)CC. The quantitative estimate of drug-likeness (QED) is 0.244. The Bertz CT molecular complexity index is 511. The molecule has 160 valence electrons. The Balaban J connectivity index is 3.50. The van der Waals surface area contributed by atoms with Crippen LogP contribution in [0.2, 0.25) is 13.3 Å². The summed E-state index contributed by atoms with van der Waals surface area (Å²) in [6, 6.07) is 10.8. The Morgan fingerprint density at radius 1 is 0.821 bits per heavy atom. The molecule has 1 aromatic rings. The summed E-state index contributed by atoms with van der Waals surface area (Å²) in [7, 11) is 0. The Hall–Kier alpha value is -0.281. The molecule has 1 N–H and O–H groups in total. The second-order valence-corrected chi connectivity index (χ2v) is 21.9. The Morgan fingerprint density at radius 2 is 1.29 bits per heavy atom. The molecule has 28 heavy (non-hydrogen) atoms. The molecule has 1 rings (SSSR count). The Labute approximate surface area is 179 Å². The predicted octanol–water partition coefficient (Wildman–Crippen LogP) is 8.26. The van der Waals surface area contributed by atoms with Crippen molar-refractivity contribution in [2.24, 2.45) is 5.92 Å². The van der Waals surface area contributed by atoms with Crippen LogP contribution in [0.4, 0.5) is 0 Å². The van der Waals surface area contributed by atoms with Crippen LogP contribution < -0.4 is 0 Å². The van der Waals surface area contributed by atoms with Gasteiger partial charge in [-0.15, -0.1) is 0 Å². The number of hydrogen-bond donors (Lipinski definition) is 1. The van der Waals surface area contributed by atoms with Gasteiger partial charge in [-0.25, -0.2) is 0 Å². The maximum atomic E-state index is 11.6. The predicted molar refractivity (Wildman–Crippen MR) is 129 cm³/mol. The molecule has 0 amide bonds. The summed E-state index contributed by atoms with van der Waals surface area (Å²) in [5, 5.41) is 11.6. The van der Waals surface area contributed by atoms with Gasteiger partial charge in [0.1, 0.15) is 0 Å². The zero-order valence-corrected chi connectivity index (χ0v) is 22.2. The summed E-state index contributed by atoms with van der Waals surface area (Å²) in [4.78, 5) is 0. The molecular weight excluding hydrogens is 447 g/mol. The minimum absolute atomic E-state index is 0.239. The van der Waals surface area contributed by atoms with E-state index in [1.165, 1.54) is 61.0 Å². The fourth-order valence-corrected chi connectivity index (χ4v) is 21.9. The average molecular weight is 493 g/mol. The van der Waals surface area contributed by atoms with Crippen molar-refractivity contribution >= 4 is 24.5 Å². The van der Waals surface area contributed by atoms with Crippen molar-refractivity contribution in [2.45, 2.75) is 105 Å². The molecular formula is C26H46OSn. The summed E-state index contributed by atoms with van der Waals surface area (Å²) in [5.41, 5.74) is 1.29. The Kier molecular flexibility index (Phi) is 13.5. The third-order valence-electron chi connectivity index (χ3n) is 6.57. The van der Waals surface area contributed by atoms with Crippen molar-refractivity contribution in [1.82, 2.24) is 0 Å². The van der Waals surface area contributed by atoms with E-state index in [1.54, 1.807) is 0 Å². The summed E-state index contributed by atoms with van der Waals surface area (Å²) in [6.07, 6.45) is 12.2. The van der Waals surface area contributed by atoms with Crippen molar-refractivity contribution in [3.05, 3.63) is 39.5 Å². The van der Waals surface area contributed by atoms with Crippen LogP contribution in [-0.4, -0.2) is 29.6 Å². The normalized spacial score (nSPS) is 13.9. The molecule has 0 aromatic heterocycles. The molecule has 2 heteroatoms. The van der Waals surface area contributed by atoms with Crippen molar-refractivity contribution in [2.75, 3.05) is 0 Å². The fraction of sp³-hybridized carbons (Fsp3) is 0.692. The summed E-state index contributed by atoms with van der Waals surface area (Å²) in [6.45, 7) is 11.5. The first kappa shape index (κ1) is 25.8. The van der Waals surface area contributed by atoms with Crippen LogP contribution in [0.3, 0.4) is 0 Å². The van der Waals surface area contributed by atoms with Gasteiger partial charge in [0.2, 0.25) is 0 Å². The monoisotopic (exact) mass is 494 g/mol. The molecule has 0 heterocycles. The van der Waals surface area contributed by atoms with E-state index in [0.29, 0.717) is 5.92 Å². The molecule has 1 unspecified atom stereocenters. The van der Waals surface area contributed by atoms with Gasteiger partial charge in [0.15, 0.2) is 0 Å². The van der Waals surface area contributed by atoms with E-state index >= 15 is 0 Å². The van der Waals surface area contributed by atoms with Crippen LogP contribution in [0.1, 0.15) is 91.5 Å². The number of aliphatic hydroxyl groups is 1. The van der Waals surface area contributed by atoms with Crippen LogP contribution in [0, 0.1) is 5.92 Å². The van der Waals surface area contributed by atoms with Gasteiger partial charge >= 0.3 is 180 Å². The summed E-state index contributed by atoms with van der Waals surface area (Å²) >= 11 is -2.67. The first-order chi connectivity index (χ1) is 13.6. The molecule has 0 fully saturated rings. The molecule has 0 aliphatic carbocycles. The first-order valence-electron chi connectivity index (χ1n) is 12.0. The number of benzene rings is 1. The second kappa shape index (κ2) is 14.7. The van der Waals surface area contributed by atoms with E-state index in [9.17, 15) is 5.11 Å². The molecule has 1 aromatic carbocycles. The molecule has 0 saturated carbocycles. The average Bonchev–Trinajstić information content (AvgIpc) is 2.73. The molecule has 0 aliphatic rings. The van der Waals surface area contributed by atoms with E-state index in [2.05, 4.69) is 71.0 Å². The van der Waals surface area contributed by atoms with E-state index in [1.807, 2.05) is 0 Å². The van der Waals surface area contributed by atoms with Crippen LogP contribution in [0.5, 0.6) is 0 Å². The van der Waals surface area contributed by atoms with Gasteiger partial charge in [-0.3, -0.25) is 0 Å². The fourth-order valence-electron chi connectivity index (χ4n) is 4.62. The first-order valence-corrected chi connectivity index (χ1v) is 19.5. The molecule has 0 radical (unpaired) electrons. The van der Waals surface area contributed by atoms with E-state index in [-0.39, 0.29) is 6.10 Å². The number of aliphatic hydroxyl groups excluding tert-OH is 1. The Morgan fingerprint density at radius 3 is 1.68 bits per heavy atom. The topological polar surface area (TPSA) is 20.2 Å². The van der Waals surface area contributed by atoms with Gasteiger partial charge in [-0.05, 0) is 0 Å². The number of rotatable bonds is 15. The van der Waals surface area contributed by atoms with Crippen LogP contribution in [0.25, 0.3) is 6.08 Å². The van der Waals surface area contributed by atoms with Gasteiger partial charge in [0.05, 0.1) is 0 Å². The van der Waals surface area contributed by atoms with Gasteiger partial charge in [0, 0.05) is 0 Å². The van der Waals surface area contributed by atoms with Crippen LogP contribution >= 0.6 is 0 Å². The third-order valence-corrected chi connectivity index (χ3v) is 22.5. The third kappa shape index (κ3) is 7.86. The molecule has 1 nitrogen and oxygen atoms in total. The van der Waals surface area contributed by atoms with Crippen molar-refractivity contribution in [1.29, 1.82) is 0 Å². The minimum atomic E-state index is -2.67. The van der Waals surface area contributed by atoms with Crippen LogP contribution in [-0.2, 0) is 0 Å². The van der Waals surface area contributed by atoms with Crippen LogP contribution in [0.15, 0.2) is 33.9 Å². The van der Waals surface area contributed by atoms with Gasteiger partial charge in [-0.2, -0.15) is 0 Å². The molecule has 1 atom stereocenters. The van der Waals surface area contributed by atoms with E-state index < -0.39 is 18.4 Å². The van der Waals surface area contributed by atoms with Crippen molar-refractivity contribution in [3.8, 4) is 0 Å². The second-order valence-electron chi connectivity index (χ2n) is 8.62. The zero-order valence-electron chi connectivity index (χ0n) is 19.3. The summed E-state index contributed by atoms with van der Waals surface area (Å²) < 4.78 is 5.79. The van der Waals surface area contributed by atoms with Crippen molar-refractivity contribution in [3.63, 3.8) is 0 Å². The van der Waals surface area contributed by atoms with Gasteiger partial charge in [-0.1, -0.05) is 0 Å². The molecule has 0 saturated heterocycles. The molecule has 0 spiro atoms. The molecule has 0 aliphatic heterocycles. The zero-order chi connectivity index (χ0) is 20.8. The van der Waals surface area contributed by atoms with Gasteiger partial charge in [0.25, 0.3) is 0 Å². The number of unbranched alkanes of at least 4 members (excludes halogenated alkanes) is 3. The maximum absolute atomic E-state index is 11.6. The summed E-state index contributed by atoms with van der Waals surface area (Å²) in [5.74, 6) is 0.399. The molecule has 0 bridgehead atoms. The number of hydrogen-bond acceptors (Lipinski definition) is 1. The van der Waals surface area contributed by atoms with Gasteiger partial charge < -0.3 is 0 Å². The van der Waals surface area contributed by atoms with E-state index in [4.69, 9.17) is 0 Å². The van der Waals surface area contributed by atoms with E-state index in [0.717, 1.165) is 12.8 Å².